The number of aliphatic hydroxyl groups is 1. The first-order valence-electron chi connectivity index (χ1n) is 15.0. The van der Waals surface area contributed by atoms with Crippen molar-refractivity contribution < 1.29 is 5.11 Å². The average molecular weight is 445 g/mol. The van der Waals surface area contributed by atoms with Gasteiger partial charge in [-0.1, -0.05) is 83.5 Å². The van der Waals surface area contributed by atoms with Gasteiger partial charge in [-0.2, -0.15) is 0 Å². The highest BCUT2D eigenvalue weighted by Crippen LogP contribution is 2.45. The molecule has 5 fully saturated rings. The summed E-state index contributed by atoms with van der Waals surface area (Å²) in [5.41, 5.74) is 0. The van der Waals surface area contributed by atoms with E-state index in [-0.39, 0.29) is 6.10 Å². The van der Waals surface area contributed by atoms with Crippen LogP contribution in [0.1, 0.15) is 116 Å². The molecule has 3 aliphatic carbocycles. The summed E-state index contributed by atoms with van der Waals surface area (Å²) in [6.07, 6.45) is 25.5. The van der Waals surface area contributed by atoms with Gasteiger partial charge in [0.05, 0.1) is 6.10 Å². The van der Waals surface area contributed by atoms with E-state index in [0.29, 0.717) is 5.92 Å². The van der Waals surface area contributed by atoms with Gasteiger partial charge in [0.25, 0.3) is 0 Å². The predicted octanol–water partition coefficient (Wildman–Crippen LogP) is 6.24. The lowest BCUT2D eigenvalue weighted by atomic mass is 9.65. The number of nitrogens with zero attached hydrogens (tertiary/aromatic N) is 2. The fourth-order valence-corrected chi connectivity index (χ4v) is 8.87. The Morgan fingerprint density at radius 3 is 1.78 bits per heavy atom. The van der Waals surface area contributed by atoms with Crippen molar-refractivity contribution in [3.05, 3.63) is 0 Å². The Bertz CT molecular complexity index is 531. The van der Waals surface area contributed by atoms with Gasteiger partial charge < -0.3 is 5.11 Å². The normalized spacial score (nSPS) is 35.2. The first-order valence-corrected chi connectivity index (χ1v) is 15.0. The molecule has 0 amide bonds. The second-order valence-electron chi connectivity index (χ2n) is 12.5. The standard InChI is InChI=1S/C29H52N2O/c32-28(23-10-4-1-5-11-23)18-19-30-20-21-31-22-26(30)16-17-27(31)29(24-12-6-2-7-13-24)25-14-8-3-9-15-25/h23-29,32H,1-22H2. The van der Waals surface area contributed by atoms with E-state index < -0.39 is 0 Å². The van der Waals surface area contributed by atoms with Crippen molar-refractivity contribution in [2.24, 2.45) is 23.7 Å². The molecule has 32 heavy (non-hydrogen) atoms. The molecular weight excluding hydrogens is 392 g/mol. The van der Waals surface area contributed by atoms with E-state index in [2.05, 4.69) is 9.80 Å². The van der Waals surface area contributed by atoms with E-state index >= 15 is 0 Å². The molecule has 3 nitrogen and oxygen atoms in total. The third-order valence-electron chi connectivity index (χ3n) is 10.6. The van der Waals surface area contributed by atoms with Crippen molar-refractivity contribution in [1.29, 1.82) is 0 Å². The molecule has 3 saturated carbocycles. The summed E-state index contributed by atoms with van der Waals surface area (Å²) in [5.74, 6) is 3.64. The Labute approximate surface area is 198 Å². The van der Waals surface area contributed by atoms with E-state index in [4.69, 9.17) is 0 Å². The molecule has 5 rings (SSSR count). The number of aliphatic hydroxyl groups excluding tert-OH is 1. The summed E-state index contributed by atoms with van der Waals surface area (Å²) in [6, 6.07) is 1.64. The number of fused-ring (bicyclic) bond motifs is 2. The van der Waals surface area contributed by atoms with Gasteiger partial charge in [0.15, 0.2) is 0 Å². The topological polar surface area (TPSA) is 26.7 Å². The highest BCUT2D eigenvalue weighted by molar-refractivity contribution is 4.98. The highest BCUT2D eigenvalue weighted by atomic mass is 16.3. The zero-order valence-corrected chi connectivity index (χ0v) is 20.9. The molecule has 3 heteroatoms. The first-order chi connectivity index (χ1) is 15.8. The van der Waals surface area contributed by atoms with Gasteiger partial charge in [0, 0.05) is 38.3 Å². The van der Waals surface area contributed by atoms with Crippen LogP contribution in [0.25, 0.3) is 0 Å². The van der Waals surface area contributed by atoms with Crippen LogP contribution in [-0.4, -0.2) is 59.3 Å². The van der Waals surface area contributed by atoms with E-state index in [0.717, 1.165) is 42.8 Å². The quantitative estimate of drug-likeness (QED) is 0.503. The Hall–Kier alpha value is -0.120. The Morgan fingerprint density at radius 2 is 1.19 bits per heavy atom. The SMILES string of the molecule is OC(CCN1CCN2CC1CCC2C(C1CCCCC1)C1CCCCC1)C1CCCCC1. The number of piperazine rings is 1. The number of piperidine rings is 1. The lowest BCUT2D eigenvalue weighted by Crippen LogP contribution is -2.62. The third kappa shape index (κ3) is 5.57. The summed E-state index contributed by atoms with van der Waals surface area (Å²) in [4.78, 5) is 5.74. The van der Waals surface area contributed by atoms with Gasteiger partial charge in [-0.3, -0.25) is 9.80 Å². The summed E-state index contributed by atoms with van der Waals surface area (Å²) in [6.45, 7) is 4.99. The van der Waals surface area contributed by atoms with Gasteiger partial charge in [-0.25, -0.2) is 0 Å². The third-order valence-corrected chi connectivity index (χ3v) is 10.6. The molecule has 4 unspecified atom stereocenters. The Balaban J connectivity index is 1.17. The first kappa shape index (κ1) is 23.6. The van der Waals surface area contributed by atoms with Crippen LogP contribution in [0.15, 0.2) is 0 Å². The van der Waals surface area contributed by atoms with Crippen LogP contribution >= 0.6 is 0 Å². The summed E-state index contributed by atoms with van der Waals surface area (Å²) in [5, 5.41) is 10.8. The lowest BCUT2D eigenvalue weighted by molar-refractivity contribution is -0.0502. The molecule has 0 radical (unpaired) electrons. The minimum Gasteiger partial charge on any atom is -0.393 e. The molecule has 2 bridgehead atoms. The second-order valence-corrected chi connectivity index (χ2v) is 12.5. The van der Waals surface area contributed by atoms with E-state index in [1.165, 1.54) is 129 Å². The fraction of sp³-hybridized carbons (Fsp3) is 1.00. The van der Waals surface area contributed by atoms with Crippen molar-refractivity contribution in [2.45, 2.75) is 134 Å². The number of hydrogen-bond acceptors (Lipinski definition) is 3. The summed E-state index contributed by atoms with van der Waals surface area (Å²) >= 11 is 0. The molecule has 4 atom stereocenters. The number of hydrogen-bond donors (Lipinski definition) is 1. The van der Waals surface area contributed by atoms with Gasteiger partial charge in [0.2, 0.25) is 0 Å². The molecule has 2 aliphatic heterocycles. The summed E-state index contributed by atoms with van der Waals surface area (Å²) in [7, 11) is 0. The molecule has 0 aromatic carbocycles. The molecule has 1 N–H and O–H groups in total. The van der Waals surface area contributed by atoms with Gasteiger partial charge in [0.1, 0.15) is 0 Å². The molecule has 0 aromatic heterocycles. The Morgan fingerprint density at radius 1 is 0.625 bits per heavy atom. The monoisotopic (exact) mass is 444 g/mol. The minimum atomic E-state index is -0.0494. The molecule has 184 valence electrons. The Kier molecular flexibility index (Phi) is 8.52. The average Bonchev–Trinajstić information content (AvgIpc) is 2.87. The van der Waals surface area contributed by atoms with Gasteiger partial charge >= 0.3 is 0 Å². The van der Waals surface area contributed by atoms with Crippen LogP contribution < -0.4 is 0 Å². The maximum Gasteiger partial charge on any atom is 0.0580 e. The zero-order chi connectivity index (χ0) is 21.8. The van der Waals surface area contributed by atoms with Crippen LogP contribution in [0.2, 0.25) is 0 Å². The molecule has 5 aliphatic rings. The predicted molar refractivity (Wildman–Crippen MR) is 134 cm³/mol. The van der Waals surface area contributed by atoms with E-state index in [1.807, 2.05) is 0 Å². The van der Waals surface area contributed by atoms with Crippen LogP contribution in [0, 0.1) is 23.7 Å². The molecule has 0 aromatic rings. The van der Waals surface area contributed by atoms with Crippen LogP contribution in [0.4, 0.5) is 0 Å². The maximum absolute atomic E-state index is 10.8. The molecule has 2 heterocycles. The van der Waals surface area contributed by atoms with Gasteiger partial charge in [-0.05, 0) is 55.8 Å². The highest BCUT2D eigenvalue weighted by Gasteiger charge is 2.44. The van der Waals surface area contributed by atoms with Gasteiger partial charge in [-0.15, -0.1) is 0 Å². The van der Waals surface area contributed by atoms with Crippen molar-refractivity contribution in [3.63, 3.8) is 0 Å². The van der Waals surface area contributed by atoms with E-state index in [1.54, 1.807) is 0 Å². The molecular formula is C29H52N2O. The fourth-order valence-electron chi connectivity index (χ4n) is 8.87. The van der Waals surface area contributed by atoms with Crippen molar-refractivity contribution in [3.8, 4) is 0 Å². The van der Waals surface area contributed by atoms with Crippen molar-refractivity contribution in [1.82, 2.24) is 9.80 Å². The smallest absolute Gasteiger partial charge is 0.0580 e. The largest absolute Gasteiger partial charge is 0.393 e. The van der Waals surface area contributed by atoms with Crippen LogP contribution in [-0.2, 0) is 0 Å². The van der Waals surface area contributed by atoms with Crippen molar-refractivity contribution >= 4 is 0 Å². The minimum absolute atomic E-state index is 0.0494. The number of rotatable bonds is 7. The molecule has 2 saturated heterocycles. The van der Waals surface area contributed by atoms with Crippen LogP contribution in [0.3, 0.4) is 0 Å². The molecule has 0 spiro atoms. The van der Waals surface area contributed by atoms with E-state index in [9.17, 15) is 5.11 Å². The van der Waals surface area contributed by atoms with Crippen molar-refractivity contribution in [2.75, 3.05) is 26.2 Å². The lowest BCUT2D eigenvalue weighted by Gasteiger charge is -2.54. The van der Waals surface area contributed by atoms with Crippen LogP contribution in [0.5, 0.6) is 0 Å². The zero-order valence-electron chi connectivity index (χ0n) is 20.9. The summed E-state index contributed by atoms with van der Waals surface area (Å²) < 4.78 is 0. The second kappa shape index (κ2) is 11.5. The maximum atomic E-state index is 10.8.